The third-order valence-corrected chi connectivity index (χ3v) is 4.13. The van der Waals surface area contributed by atoms with Gasteiger partial charge in [-0.05, 0) is 37.5 Å². The minimum Gasteiger partial charge on any atom is -0.377 e. The van der Waals surface area contributed by atoms with Crippen molar-refractivity contribution in [2.45, 2.75) is 51.6 Å². The molecule has 0 amide bonds. The van der Waals surface area contributed by atoms with Gasteiger partial charge < -0.3 is 9.53 Å². The second-order valence-electron chi connectivity index (χ2n) is 5.37. The molecule has 2 aliphatic rings. The number of rotatable bonds is 2. The van der Waals surface area contributed by atoms with E-state index in [4.69, 9.17) is 4.74 Å². The van der Waals surface area contributed by atoms with Crippen LogP contribution in [0, 0.1) is 17.8 Å². The van der Waals surface area contributed by atoms with Gasteiger partial charge in [0.1, 0.15) is 6.29 Å². The Morgan fingerprint density at radius 1 is 1.07 bits per heavy atom. The Hall–Kier alpha value is -0.370. The average Bonchev–Trinajstić information content (AvgIpc) is 2.30. The molecule has 0 aromatic carbocycles. The summed E-state index contributed by atoms with van der Waals surface area (Å²) in [5.41, 5.74) is 0. The highest BCUT2D eigenvalue weighted by Crippen LogP contribution is 2.35. The number of hydrogen-bond donors (Lipinski definition) is 0. The van der Waals surface area contributed by atoms with Gasteiger partial charge in [-0.15, -0.1) is 0 Å². The quantitative estimate of drug-likeness (QED) is 0.655. The first-order valence-electron chi connectivity index (χ1n) is 6.36. The molecule has 0 N–H and O–H groups in total. The van der Waals surface area contributed by atoms with Crippen LogP contribution in [0.3, 0.4) is 0 Å². The molecule has 0 aromatic heterocycles. The number of ether oxygens (including phenoxy) is 1. The van der Waals surface area contributed by atoms with Crippen LogP contribution in [0.4, 0.5) is 0 Å². The van der Waals surface area contributed by atoms with Crippen molar-refractivity contribution in [3.8, 4) is 0 Å². The Kier molecular flexibility index (Phi) is 3.79. The summed E-state index contributed by atoms with van der Waals surface area (Å²) in [6.45, 7) is 3.01. The summed E-state index contributed by atoms with van der Waals surface area (Å²) in [7, 11) is 0. The van der Waals surface area contributed by atoms with E-state index in [-0.39, 0.29) is 5.92 Å². The van der Waals surface area contributed by atoms with E-state index < -0.39 is 0 Å². The largest absolute Gasteiger partial charge is 0.377 e. The maximum atomic E-state index is 10.6. The van der Waals surface area contributed by atoms with Crippen molar-refractivity contribution >= 4 is 6.29 Å². The lowest BCUT2D eigenvalue weighted by atomic mass is 9.78. The average molecular weight is 210 g/mol. The van der Waals surface area contributed by atoms with E-state index in [0.717, 1.165) is 31.0 Å². The molecule has 15 heavy (non-hydrogen) atoms. The van der Waals surface area contributed by atoms with Crippen molar-refractivity contribution < 1.29 is 9.53 Å². The molecule has 1 aliphatic heterocycles. The first kappa shape index (κ1) is 11.1. The smallest absolute Gasteiger partial charge is 0.125 e. The SMILES string of the molecule is CC1CCC(C2CCC(C=O)CO2)CC1. The van der Waals surface area contributed by atoms with Crippen LogP contribution in [0.5, 0.6) is 0 Å². The topological polar surface area (TPSA) is 26.3 Å². The van der Waals surface area contributed by atoms with E-state index in [2.05, 4.69) is 6.92 Å². The van der Waals surface area contributed by atoms with Gasteiger partial charge in [0.2, 0.25) is 0 Å². The fourth-order valence-corrected chi connectivity index (χ4v) is 2.93. The standard InChI is InChI=1S/C13H22O2/c1-10-2-5-12(6-3-10)13-7-4-11(8-14)9-15-13/h8,10-13H,2-7,9H2,1H3. The highest BCUT2D eigenvalue weighted by atomic mass is 16.5. The fourth-order valence-electron chi connectivity index (χ4n) is 2.93. The van der Waals surface area contributed by atoms with Gasteiger partial charge in [0, 0.05) is 5.92 Å². The number of carbonyl (C=O) groups is 1. The molecule has 2 nitrogen and oxygen atoms in total. The van der Waals surface area contributed by atoms with Crippen LogP contribution in [0.2, 0.25) is 0 Å². The monoisotopic (exact) mass is 210 g/mol. The number of aldehydes is 1. The Morgan fingerprint density at radius 3 is 2.33 bits per heavy atom. The molecular formula is C13H22O2. The molecule has 2 rings (SSSR count). The molecular weight excluding hydrogens is 188 g/mol. The maximum absolute atomic E-state index is 10.6. The molecule has 86 valence electrons. The summed E-state index contributed by atoms with van der Waals surface area (Å²) in [6.07, 6.45) is 9.04. The highest BCUT2D eigenvalue weighted by Gasteiger charge is 2.30. The van der Waals surface area contributed by atoms with E-state index in [1.54, 1.807) is 0 Å². The lowest BCUT2D eigenvalue weighted by Crippen LogP contribution is -2.34. The number of carbonyl (C=O) groups excluding carboxylic acids is 1. The summed E-state index contributed by atoms with van der Waals surface area (Å²) in [5.74, 6) is 1.85. The molecule has 1 saturated heterocycles. The zero-order valence-electron chi connectivity index (χ0n) is 9.65. The van der Waals surface area contributed by atoms with Crippen LogP contribution in [-0.2, 0) is 9.53 Å². The highest BCUT2D eigenvalue weighted by molar-refractivity contribution is 5.53. The van der Waals surface area contributed by atoms with Crippen molar-refractivity contribution in [2.24, 2.45) is 17.8 Å². The lowest BCUT2D eigenvalue weighted by molar-refractivity contribution is -0.119. The van der Waals surface area contributed by atoms with Crippen LogP contribution in [0.25, 0.3) is 0 Å². The van der Waals surface area contributed by atoms with Gasteiger partial charge in [-0.1, -0.05) is 19.8 Å². The minimum atomic E-state index is 0.170. The molecule has 2 heteroatoms. The predicted molar refractivity (Wildman–Crippen MR) is 59.7 cm³/mol. The zero-order valence-corrected chi connectivity index (χ0v) is 9.65. The molecule has 0 aromatic rings. The Bertz CT molecular complexity index is 199. The van der Waals surface area contributed by atoms with Crippen molar-refractivity contribution in [2.75, 3.05) is 6.61 Å². The van der Waals surface area contributed by atoms with E-state index in [1.165, 1.54) is 25.7 Å². The minimum absolute atomic E-state index is 0.170. The molecule has 2 fully saturated rings. The maximum Gasteiger partial charge on any atom is 0.125 e. The van der Waals surface area contributed by atoms with Gasteiger partial charge in [0.25, 0.3) is 0 Å². The van der Waals surface area contributed by atoms with Crippen molar-refractivity contribution in [1.29, 1.82) is 0 Å². The second-order valence-corrected chi connectivity index (χ2v) is 5.37. The molecule has 0 bridgehead atoms. The second kappa shape index (κ2) is 5.11. The Balaban J connectivity index is 1.78. The predicted octanol–water partition coefficient (Wildman–Crippen LogP) is 2.81. The van der Waals surface area contributed by atoms with Gasteiger partial charge in [-0.25, -0.2) is 0 Å². The van der Waals surface area contributed by atoms with Gasteiger partial charge >= 0.3 is 0 Å². The van der Waals surface area contributed by atoms with E-state index >= 15 is 0 Å². The molecule has 0 spiro atoms. The third-order valence-electron chi connectivity index (χ3n) is 4.13. The van der Waals surface area contributed by atoms with Crippen LogP contribution >= 0.6 is 0 Å². The summed E-state index contributed by atoms with van der Waals surface area (Å²) in [6, 6.07) is 0. The van der Waals surface area contributed by atoms with E-state index in [9.17, 15) is 4.79 Å². The van der Waals surface area contributed by atoms with Crippen LogP contribution < -0.4 is 0 Å². The van der Waals surface area contributed by atoms with Crippen molar-refractivity contribution in [3.05, 3.63) is 0 Å². The third kappa shape index (κ3) is 2.81. The van der Waals surface area contributed by atoms with Gasteiger partial charge in [-0.3, -0.25) is 0 Å². The molecule has 2 unspecified atom stereocenters. The normalized spacial score (nSPS) is 42.5. The van der Waals surface area contributed by atoms with Gasteiger partial charge in [0.05, 0.1) is 12.7 Å². The molecule has 1 saturated carbocycles. The van der Waals surface area contributed by atoms with E-state index in [1.807, 2.05) is 0 Å². The van der Waals surface area contributed by atoms with Gasteiger partial charge in [-0.2, -0.15) is 0 Å². The first-order valence-corrected chi connectivity index (χ1v) is 6.36. The van der Waals surface area contributed by atoms with Crippen LogP contribution in [0.15, 0.2) is 0 Å². The van der Waals surface area contributed by atoms with Crippen LogP contribution in [0.1, 0.15) is 45.4 Å². The molecule has 1 aliphatic carbocycles. The Labute approximate surface area is 92.4 Å². The summed E-state index contributed by atoms with van der Waals surface area (Å²) in [5, 5.41) is 0. The molecule has 1 heterocycles. The number of hydrogen-bond acceptors (Lipinski definition) is 2. The first-order chi connectivity index (χ1) is 7.29. The summed E-state index contributed by atoms with van der Waals surface area (Å²) < 4.78 is 5.82. The fraction of sp³-hybridized carbons (Fsp3) is 0.923. The lowest BCUT2D eigenvalue weighted by Gasteiger charge is -2.36. The molecule has 2 atom stereocenters. The summed E-state index contributed by atoms with van der Waals surface area (Å²) in [4.78, 5) is 10.6. The van der Waals surface area contributed by atoms with Crippen molar-refractivity contribution in [3.63, 3.8) is 0 Å². The van der Waals surface area contributed by atoms with Gasteiger partial charge in [0.15, 0.2) is 0 Å². The van der Waals surface area contributed by atoms with E-state index in [0.29, 0.717) is 12.7 Å². The summed E-state index contributed by atoms with van der Waals surface area (Å²) >= 11 is 0. The van der Waals surface area contributed by atoms with Crippen molar-refractivity contribution in [1.82, 2.24) is 0 Å². The zero-order chi connectivity index (χ0) is 10.7. The van der Waals surface area contributed by atoms with Crippen LogP contribution in [-0.4, -0.2) is 19.0 Å². The molecule has 0 radical (unpaired) electrons. The Morgan fingerprint density at radius 2 is 1.80 bits per heavy atom.